The molecule has 0 aliphatic heterocycles. The minimum absolute atomic E-state index is 0.104. The van der Waals surface area contributed by atoms with Crippen molar-refractivity contribution >= 4 is 0 Å². The van der Waals surface area contributed by atoms with Crippen molar-refractivity contribution in [3.63, 3.8) is 0 Å². The third-order valence-electron chi connectivity index (χ3n) is 4.20. The van der Waals surface area contributed by atoms with E-state index in [9.17, 15) is 4.79 Å². The summed E-state index contributed by atoms with van der Waals surface area (Å²) in [6.07, 6.45) is 14.4. The number of H-pyrrole nitrogens is 1. The topological polar surface area (TPSA) is 45.8 Å². The lowest BCUT2D eigenvalue weighted by Crippen LogP contribution is -2.25. The fraction of sp³-hybridized carbons (Fsp3) is 0.765. The van der Waals surface area contributed by atoms with Crippen LogP contribution >= 0.6 is 0 Å². The van der Waals surface area contributed by atoms with Gasteiger partial charge in [-0.2, -0.15) is 0 Å². The molecule has 1 N–H and O–H groups in total. The van der Waals surface area contributed by atoms with Gasteiger partial charge in [-0.15, -0.1) is 0 Å². The molecule has 0 aliphatic carbocycles. The van der Waals surface area contributed by atoms with Gasteiger partial charge in [-0.1, -0.05) is 65.7 Å². The minimum atomic E-state index is -0.115. The molecule has 0 saturated heterocycles. The van der Waals surface area contributed by atoms with E-state index in [1.165, 1.54) is 51.1 Å². The summed E-state index contributed by atoms with van der Waals surface area (Å²) in [7, 11) is 0. The monoisotopic (exact) mass is 278 g/mol. The number of nitrogens with one attached hydrogen (secondary N) is 1. The highest BCUT2D eigenvalue weighted by Crippen LogP contribution is 2.33. The predicted molar refractivity (Wildman–Crippen MR) is 85.1 cm³/mol. The van der Waals surface area contributed by atoms with Gasteiger partial charge in [0.05, 0.1) is 11.9 Å². The lowest BCUT2D eigenvalue weighted by molar-refractivity contribution is 0.355. The molecule has 0 aliphatic rings. The second kappa shape index (κ2) is 8.93. The van der Waals surface area contributed by atoms with E-state index in [0.717, 1.165) is 18.5 Å². The number of nitrogens with zero attached hydrogens (tertiary/aromatic N) is 1. The van der Waals surface area contributed by atoms with Gasteiger partial charge in [0.15, 0.2) is 0 Å². The first kappa shape index (κ1) is 16.9. The molecule has 1 unspecified atom stereocenters. The van der Waals surface area contributed by atoms with Crippen LogP contribution in [0.25, 0.3) is 0 Å². The first-order valence-electron chi connectivity index (χ1n) is 8.17. The van der Waals surface area contributed by atoms with Crippen molar-refractivity contribution in [3.05, 3.63) is 28.4 Å². The number of aromatic amines is 1. The first-order valence-corrected chi connectivity index (χ1v) is 8.17. The summed E-state index contributed by atoms with van der Waals surface area (Å²) >= 11 is 0. The molecule has 0 aromatic carbocycles. The highest BCUT2D eigenvalue weighted by molar-refractivity contribution is 5.11. The summed E-state index contributed by atoms with van der Waals surface area (Å²) in [4.78, 5) is 18.4. The van der Waals surface area contributed by atoms with Crippen LogP contribution in [0.2, 0.25) is 0 Å². The molecule has 3 heteroatoms. The molecular formula is C17H30N2O. The summed E-state index contributed by atoms with van der Waals surface area (Å²) in [6, 6.07) is 0. The van der Waals surface area contributed by atoms with Crippen LogP contribution in [0.4, 0.5) is 0 Å². The smallest absolute Gasteiger partial charge is 0.266 e. The van der Waals surface area contributed by atoms with E-state index in [-0.39, 0.29) is 11.0 Å². The maximum absolute atomic E-state index is 11.2. The van der Waals surface area contributed by atoms with Crippen molar-refractivity contribution in [2.45, 2.75) is 84.0 Å². The van der Waals surface area contributed by atoms with Gasteiger partial charge >= 0.3 is 0 Å². The number of rotatable bonds is 10. The highest BCUT2D eigenvalue weighted by Gasteiger charge is 2.27. The quantitative estimate of drug-likeness (QED) is 0.637. The van der Waals surface area contributed by atoms with Crippen LogP contribution in [0.15, 0.2) is 17.2 Å². The Hall–Kier alpha value is -1.12. The second-order valence-electron chi connectivity index (χ2n) is 6.12. The second-order valence-corrected chi connectivity index (χ2v) is 6.12. The Kier molecular flexibility index (Phi) is 7.56. The number of hydrogen-bond donors (Lipinski definition) is 1. The molecule has 0 saturated carbocycles. The average molecular weight is 278 g/mol. The Morgan fingerprint density at radius 1 is 1.05 bits per heavy atom. The molecule has 1 rings (SSSR count). The van der Waals surface area contributed by atoms with E-state index >= 15 is 0 Å². The zero-order valence-electron chi connectivity index (χ0n) is 13.4. The normalized spacial score (nSPS) is 14.2. The van der Waals surface area contributed by atoms with Crippen molar-refractivity contribution in [1.82, 2.24) is 9.97 Å². The highest BCUT2D eigenvalue weighted by atomic mass is 16.1. The third-order valence-corrected chi connectivity index (χ3v) is 4.20. The van der Waals surface area contributed by atoms with Gasteiger partial charge in [-0.3, -0.25) is 9.78 Å². The standard InChI is InChI=1S/C17H30N2O/c1-4-6-8-10-12-17(3,11-9-7-5-2)15-13-19-16(20)14-18-15/h13-14H,4-12H2,1-3H3,(H,19,20). The summed E-state index contributed by atoms with van der Waals surface area (Å²) in [5.41, 5.74) is 1.04. The van der Waals surface area contributed by atoms with E-state index in [2.05, 4.69) is 30.7 Å². The molecule has 1 atom stereocenters. The van der Waals surface area contributed by atoms with Crippen molar-refractivity contribution in [3.8, 4) is 0 Å². The predicted octanol–water partition coefficient (Wildman–Crippen LogP) is 4.58. The zero-order chi connectivity index (χ0) is 14.8. The summed E-state index contributed by atoms with van der Waals surface area (Å²) in [5.74, 6) is 0. The number of hydrogen-bond acceptors (Lipinski definition) is 2. The van der Waals surface area contributed by atoms with Crippen LogP contribution in [-0.4, -0.2) is 9.97 Å². The molecule has 114 valence electrons. The molecule has 1 aromatic rings. The van der Waals surface area contributed by atoms with Crippen molar-refractivity contribution < 1.29 is 0 Å². The van der Waals surface area contributed by atoms with Crippen LogP contribution in [0, 0.1) is 0 Å². The largest absolute Gasteiger partial charge is 0.326 e. The van der Waals surface area contributed by atoms with Gasteiger partial charge in [0.1, 0.15) is 0 Å². The fourth-order valence-corrected chi connectivity index (χ4v) is 2.76. The van der Waals surface area contributed by atoms with Crippen LogP contribution in [0.3, 0.4) is 0 Å². The number of aromatic nitrogens is 2. The Morgan fingerprint density at radius 2 is 1.65 bits per heavy atom. The van der Waals surface area contributed by atoms with E-state index in [0.29, 0.717) is 0 Å². The molecular weight excluding hydrogens is 248 g/mol. The van der Waals surface area contributed by atoms with Gasteiger partial charge in [0.25, 0.3) is 5.56 Å². The van der Waals surface area contributed by atoms with Crippen LogP contribution < -0.4 is 5.56 Å². The van der Waals surface area contributed by atoms with Gasteiger partial charge in [0.2, 0.25) is 0 Å². The molecule has 3 nitrogen and oxygen atoms in total. The van der Waals surface area contributed by atoms with Gasteiger partial charge in [-0.05, 0) is 12.8 Å². The van der Waals surface area contributed by atoms with E-state index in [1.54, 1.807) is 0 Å². The first-order chi connectivity index (χ1) is 9.62. The molecule has 20 heavy (non-hydrogen) atoms. The Labute approximate surface area is 123 Å². The molecule has 1 aromatic heterocycles. The molecule has 0 amide bonds. The lowest BCUT2D eigenvalue weighted by Gasteiger charge is -2.29. The Morgan fingerprint density at radius 3 is 2.20 bits per heavy atom. The SMILES string of the molecule is CCCCCCC(C)(CCCCC)c1c[nH]c(=O)cn1. The van der Waals surface area contributed by atoms with E-state index in [1.807, 2.05) is 6.20 Å². The zero-order valence-corrected chi connectivity index (χ0v) is 13.4. The third kappa shape index (κ3) is 5.48. The van der Waals surface area contributed by atoms with Crippen LogP contribution in [-0.2, 0) is 5.41 Å². The van der Waals surface area contributed by atoms with Gasteiger partial charge in [-0.25, -0.2) is 0 Å². The average Bonchev–Trinajstić information content (AvgIpc) is 2.45. The van der Waals surface area contributed by atoms with Crippen LogP contribution in [0.5, 0.6) is 0 Å². The molecule has 0 fully saturated rings. The maximum atomic E-state index is 11.2. The van der Waals surface area contributed by atoms with E-state index in [4.69, 9.17) is 0 Å². The fourth-order valence-electron chi connectivity index (χ4n) is 2.76. The molecule has 1 heterocycles. The van der Waals surface area contributed by atoms with Gasteiger partial charge < -0.3 is 4.98 Å². The summed E-state index contributed by atoms with van der Waals surface area (Å²) in [5, 5.41) is 0. The molecule has 0 radical (unpaired) electrons. The Balaban J connectivity index is 2.71. The van der Waals surface area contributed by atoms with Crippen molar-refractivity contribution in [1.29, 1.82) is 0 Å². The van der Waals surface area contributed by atoms with Crippen molar-refractivity contribution in [2.75, 3.05) is 0 Å². The lowest BCUT2D eigenvalue weighted by atomic mass is 9.77. The Bertz CT molecular complexity index is 407. The maximum Gasteiger partial charge on any atom is 0.266 e. The minimum Gasteiger partial charge on any atom is -0.326 e. The summed E-state index contributed by atoms with van der Waals surface area (Å²) < 4.78 is 0. The van der Waals surface area contributed by atoms with Crippen LogP contribution in [0.1, 0.15) is 84.3 Å². The molecule has 0 spiro atoms. The summed E-state index contributed by atoms with van der Waals surface area (Å²) in [6.45, 7) is 6.77. The van der Waals surface area contributed by atoms with E-state index < -0.39 is 0 Å². The molecule has 0 bridgehead atoms. The van der Waals surface area contributed by atoms with Crippen molar-refractivity contribution in [2.24, 2.45) is 0 Å². The number of unbranched alkanes of at least 4 members (excludes halogenated alkanes) is 5. The van der Waals surface area contributed by atoms with Gasteiger partial charge in [0, 0.05) is 11.6 Å².